The lowest BCUT2D eigenvalue weighted by atomic mass is 9.94. The number of halogens is 1. The molecule has 0 radical (unpaired) electrons. The van der Waals surface area contributed by atoms with Gasteiger partial charge in [-0.1, -0.05) is 32.9 Å². The summed E-state index contributed by atoms with van der Waals surface area (Å²) in [6.07, 6.45) is 1.79. The molecular weight excluding hydrogens is 467 g/mol. The van der Waals surface area contributed by atoms with Crippen LogP contribution in [0.25, 0.3) is 0 Å². The maximum Gasteiger partial charge on any atom is 0.216 e. The molecule has 6 nitrogen and oxygen atoms in total. The highest BCUT2D eigenvalue weighted by molar-refractivity contribution is 14.0. The van der Waals surface area contributed by atoms with E-state index in [2.05, 4.69) is 54.4 Å². The number of ether oxygens (including phenoxy) is 1. The Hall–Kier alpha value is -1.77. The first-order chi connectivity index (χ1) is 12.8. The van der Waals surface area contributed by atoms with Gasteiger partial charge in [0.25, 0.3) is 0 Å². The SMILES string of the molecule is CCNC(=NCc1ncc(C(C)(C)C)o1)NCC(C)Oc1cccc(C)c1.I. The number of guanidine groups is 1. The average molecular weight is 500 g/mol. The summed E-state index contributed by atoms with van der Waals surface area (Å²) in [4.78, 5) is 8.87. The number of hydrogen-bond donors (Lipinski definition) is 2. The highest BCUT2D eigenvalue weighted by atomic mass is 127. The zero-order valence-electron chi connectivity index (χ0n) is 17.7. The van der Waals surface area contributed by atoms with Crippen LogP contribution in [0.2, 0.25) is 0 Å². The zero-order chi connectivity index (χ0) is 19.9. The Labute approximate surface area is 185 Å². The van der Waals surface area contributed by atoms with Crippen molar-refractivity contribution in [1.82, 2.24) is 15.6 Å². The third-order valence-corrected chi connectivity index (χ3v) is 3.89. The number of nitrogens with one attached hydrogen (secondary N) is 2. The first-order valence-corrected chi connectivity index (χ1v) is 9.48. The van der Waals surface area contributed by atoms with E-state index in [1.165, 1.54) is 5.56 Å². The van der Waals surface area contributed by atoms with Gasteiger partial charge in [0, 0.05) is 12.0 Å². The van der Waals surface area contributed by atoms with Crippen molar-refractivity contribution >= 4 is 29.9 Å². The smallest absolute Gasteiger partial charge is 0.216 e. The van der Waals surface area contributed by atoms with Crippen LogP contribution in [0.4, 0.5) is 0 Å². The molecule has 0 aliphatic carbocycles. The van der Waals surface area contributed by atoms with Crippen molar-refractivity contribution in [3.05, 3.63) is 47.7 Å². The summed E-state index contributed by atoms with van der Waals surface area (Å²) in [5, 5.41) is 6.54. The molecule has 0 aliphatic rings. The predicted octanol–water partition coefficient (Wildman–Crippen LogP) is 4.42. The second-order valence-electron chi connectivity index (χ2n) is 7.69. The second kappa shape index (κ2) is 11.3. The van der Waals surface area contributed by atoms with E-state index in [0.29, 0.717) is 24.9 Å². The monoisotopic (exact) mass is 500 g/mol. The van der Waals surface area contributed by atoms with Crippen LogP contribution in [0.1, 0.15) is 51.8 Å². The first-order valence-electron chi connectivity index (χ1n) is 9.48. The number of rotatable bonds is 7. The third kappa shape index (κ3) is 8.08. The lowest BCUT2D eigenvalue weighted by Crippen LogP contribution is -2.41. The van der Waals surface area contributed by atoms with Crippen LogP contribution in [0.3, 0.4) is 0 Å². The van der Waals surface area contributed by atoms with E-state index in [1.807, 2.05) is 32.0 Å². The number of aromatic nitrogens is 1. The molecule has 7 heteroatoms. The highest BCUT2D eigenvalue weighted by Gasteiger charge is 2.19. The van der Waals surface area contributed by atoms with Crippen LogP contribution in [0.15, 0.2) is 39.9 Å². The summed E-state index contributed by atoms with van der Waals surface area (Å²) in [7, 11) is 0. The molecule has 0 amide bonds. The van der Waals surface area contributed by atoms with Crippen LogP contribution in [0.5, 0.6) is 5.75 Å². The van der Waals surface area contributed by atoms with Gasteiger partial charge >= 0.3 is 0 Å². The Morgan fingerprint density at radius 3 is 2.64 bits per heavy atom. The minimum Gasteiger partial charge on any atom is -0.489 e. The molecule has 2 rings (SSSR count). The molecule has 1 unspecified atom stereocenters. The molecule has 2 aromatic rings. The topological polar surface area (TPSA) is 71.7 Å². The van der Waals surface area contributed by atoms with Gasteiger partial charge in [-0.05, 0) is 38.5 Å². The van der Waals surface area contributed by atoms with Crippen LogP contribution in [-0.2, 0) is 12.0 Å². The van der Waals surface area contributed by atoms with Crippen LogP contribution in [-0.4, -0.2) is 30.1 Å². The van der Waals surface area contributed by atoms with Gasteiger partial charge in [-0.25, -0.2) is 9.98 Å². The van der Waals surface area contributed by atoms with Gasteiger partial charge in [-0.3, -0.25) is 0 Å². The van der Waals surface area contributed by atoms with E-state index in [-0.39, 0.29) is 35.5 Å². The Balaban J connectivity index is 0.00000392. The van der Waals surface area contributed by atoms with Crippen LogP contribution >= 0.6 is 24.0 Å². The van der Waals surface area contributed by atoms with E-state index >= 15 is 0 Å². The van der Waals surface area contributed by atoms with Gasteiger partial charge in [-0.2, -0.15) is 0 Å². The highest BCUT2D eigenvalue weighted by Crippen LogP contribution is 2.22. The van der Waals surface area contributed by atoms with Gasteiger partial charge in [0.05, 0.1) is 12.7 Å². The molecule has 1 aromatic heterocycles. The van der Waals surface area contributed by atoms with Gasteiger partial charge < -0.3 is 19.8 Å². The number of nitrogens with zero attached hydrogens (tertiary/aromatic N) is 2. The maximum atomic E-state index is 5.95. The van der Waals surface area contributed by atoms with Crippen LogP contribution < -0.4 is 15.4 Å². The van der Waals surface area contributed by atoms with E-state index in [1.54, 1.807) is 6.20 Å². The van der Waals surface area contributed by atoms with Gasteiger partial charge in [0.2, 0.25) is 5.89 Å². The van der Waals surface area contributed by atoms with Crippen LogP contribution in [0, 0.1) is 6.92 Å². The van der Waals surface area contributed by atoms with E-state index in [9.17, 15) is 0 Å². The van der Waals surface area contributed by atoms with Gasteiger partial charge in [0.15, 0.2) is 5.96 Å². The number of benzene rings is 1. The van der Waals surface area contributed by atoms with Crippen molar-refractivity contribution in [2.75, 3.05) is 13.1 Å². The predicted molar refractivity (Wildman–Crippen MR) is 125 cm³/mol. The molecule has 156 valence electrons. The standard InChI is InChI=1S/C21H32N4O2.HI/c1-7-22-20(25-14-19-23-13-18(27-19)21(4,5)6)24-12-16(3)26-17-10-8-9-15(2)11-17;/h8-11,13,16H,7,12,14H2,1-6H3,(H2,22,24,25);1H. The Morgan fingerprint density at radius 1 is 1.29 bits per heavy atom. The maximum absolute atomic E-state index is 5.95. The van der Waals surface area contributed by atoms with E-state index in [4.69, 9.17) is 9.15 Å². The Kier molecular flexibility index (Phi) is 9.78. The molecular formula is C21H33IN4O2. The quantitative estimate of drug-likeness (QED) is 0.335. The van der Waals surface area contributed by atoms with Crippen molar-refractivity contribution in [1.29, 1.82) is 0 Å². The number of oxazole rings is 1. The molecule has 0 spiro atoms. The summed E-state index contributed by atoms with van der Waals surface area (Å²) in [5.41, 5.74) is 1.13. The fourth-order valence-corrected chi connectivity index (χ4v) is 2.42. The number of hydrogen-bond acceptors (Lipinski definition) is 4. The minimum atomic E-state index is -0.0553. The molecule has 0 saturated carbocycles. The Morgan fingerprint density at radius 2 is 2.04 bits per heavy atom. The molecule has 0 fully saturated rings. The lowest BCUT2D eigenvalue weighted by molar-refractivity contribution is 0.223. The molecule has 1 atom stereocenters. The number of aryl methyl sites for hydroxylation is 1. The summed E-state index contributed by atoms with van der Waals surface area (Å²) >= 11 is 0. The van der Waals surface area contributed by atoms with Crippen molar-refractivity contribution in [3.63, 3.8) is 0 Å². The second-order valence-corrected chi connectivity index (χ2v) is 7.69. The number of aliphatic imine (C=N–C) groups is 1. The fourth-order valence-electron chi connectivity index (χ4n) is 2.42. The summed E-state index contributed by atoms with van der Waals surface area (Å²) < 4.78 is 11.7. The molecule has 1 aromatic carbocycles. The normalized spacial score (nSPS) is 12.9. The van der Waals surface area contributed by atoms with Crippen molar-refractivity contribution in [2.45, 2.75) is 59.6 Å². The molecule has 28 heavy (non-hydrogen) atoms. The molecule has 1 heterocycles. The van der Waals surface area contributed by atoms with Crippen molar-refractivity contribution in [3.8, 4) is 5.75 Å². The zero-order valence-corrected chi connectivity index (χ0v) is 20.0. The van der Waals surface area contributed by atoms with Crippen molar-refractivity contribution in [2.24, 2.45) is 4.99 Å². The summed E-state index contributed by atoms with van der Waals surface area (Å²) in [6, 6.07) is 8.06. The summed E-state index contributed by atoms with van der Waals surface area (Å²) in [5.74, 6) is 3.07. The van der Waals surface area contributed by atoms with E-state index in [0.717, 1.165) is 18.1 Å². The minimum absolute atomic E-state index is 0. The van der Waals surface area contributed by atoms with E-state index < -0.39 is 0 Å². The molecule has 2 N–H and O–H groups in total. The summed E-state index contributed by atoms with van der Waals surface area (Å²) in [6.45, 7) is 14.2. The lowest BCUT2D eigenvalue weighted by Gasteiger charge is -2.18. The Bertz CT molecular complexity index is 753. The largest absolute Gasteiger partial charge is 0.489 e. The molecule has 0 bridgehead atoms. The molecule has 0 aliphatic heterocycles. The molecule has 0 saturated heterocycles. The van der Waals surface area contributed by atoms with Crippen molar-refractivity contribution < 1.29 is 9.15 Å². The first kappa shape index (κ1) is 24.3. The fraction of sp³-hybridized carbons (Fsp3) is 0.524. The van der Waals surface area contributed by atoms with Gasteiger partial charge in [-0.15, -0.1) is 24.0 Å². The average Bonchev–Trinajstić information content (AvgIpc) is 3.07. The third-order valence-electron chi connectivity index (χ3n) is 3.89. The van der Waals surface area contributed by atoms with Gasteiger partial charge in [0.1, 0.15) is 24.2 Å².